The molecule has 54 valence electrons. The van der Waals surface area contributed by atoms with Crippen molar-refractivity contribution in [2.75, 3.05) is 0 Å². The third-order valence-corrected chi connectivity index (χ3v) is 1.52. The van der Waals surface area contributed by atoms with Crippen LogP contribution in [0.3, 0.4) is 0 Å². The van der Waals surface area contributed by atoms with E-state index in [2.05, 4.69) is 11.7 Å². The molecule has 0 amide bonds. The van der Waals surface area contributed by atoms with E-state index in [9.17, 15) is 4.79 Å². The summed E-state index contributed by atoms with van der Waals surface area (Å²) in [7, 11) is 0. The van der Waals surface area contributed by atoms with Crippen LogP contribution in [0.2, 0.25) is 0 Å². The maximum atomic E-state index is 9.87. The first kappa shape index (κ1) is 7.06. The molecule has 0 unspecified atom stereocenters. The molecule has 0 bridgehead atoms. The fourth-order valence-electron chi connectivity index (χ4n) is 0.882. The summed E-state index contributed by atoms with van der Waals surface area (Å²) < 4.78 is 4.67. The Morgan fingerprint density at radius 2 is 2.30 bits per heavy atom. The Balaban J connectivity index is 2.55. The van der Waals surface area contributed by atoms with Gasteiger partial charge in [0.05, 0.1) is 0 Å². The number of carbonyl (C=O) groups is 1. The topological polar surface area (TPSA) is 26.3 Å². The van der Waals surface area contributed by atoms with Crippen LogP contribution in [0.5, 0.6) is 0 Å². The van der Waals surface area contributed by atoms with E-state index >= 15 is 0 Å². The quantitative estimate of drug-likeness (QED) is 0.544. The molecule has 10 heavy (non-hydrogen) atoms. The van der Waals surface area contributed by atoms with E-state index in [0.717, 1.165) is 18.6 Å². The highest BCUT2D eigenvalue weighted by Gasteiger charge is 2.02. The van der Waals surface area contributed by atoms with Gasteiger partial charge in [-0.3, -0.25) is 4.79 Å². The van der Waals surface area contributed by atoms with E-state index in [1.807, 2.05) is 12.2 Å². The van der Waals surface area contributed by atoms with Crippen molar-refractivity contribution in [3.05, 3.63) is 23.5 Å². The lowest BCUT2D eigenvalue weighted by molar-refractivity contribution is -0.125. The SMILES string of the molecule is CC1=CC=C(OC=O)CC1. The highest BCUT2D eigenvalue weighted by molar-refractivity contribution is 5.40. The second-order valence-corrected chi connectivity index (χ2v) is 2.36. The summed E-state index contributed by atoms with van der Waals surface area (Å²) in [6.45, 7) is 2.54. The zero-order valence-corrected chi connectivity index (χ0v) is 5.96. The molecular formula is C8H10O2. The molecule has 1 aliphatic rings. The highest BCUT2D eigenvalue weighted by Crippen LogP contribution is 2.17. The first-order chi connectivity index (χ1) is 4.83. The summed E-state index contributed by atoms with van der Waals surface area (Å²) in [5.41, 5.74) is 1.33. The van der Waals surface area contributed by atoms with E-state index in [1.165, 1.54) is 5.57 Å². The number of allylic oxidation sites excluding steroid dienone is 4. The summed E-state index contributed by atoms with van der Waals surface area (Å²) in [6, 6.07) is 0. The van der Waals surface area contributed by atoms with E-state index in [-0.39, 0.29) is 0 Å². The maximum Gasteiger partial charge on any atom is 0.298 e. The van der Waals surface area contributed by atoms with Gasteiger partial charge < -0.3 is 4.74 Å². The van der Waals surface area contributed by atoms with Crippen molar-refractivity contribution in [3.8, 4) is 0 Å². The molecule has 0 spiro atoms. The van der Waals surface area contributed by atoms with Crippen molar-refractivity contribution in [2.45, 2.75) is 19.8 Å². The van der Waals surface area contributed by atoms with Gasteiger partial charge in [0.1, 0.15) is 5.76 Å². The van der Waals surface area contributed by atoms with Gasteiger partial charge >= 0.3 is 0 Å². The van der Waals surface area contributed by atoms with Gasteiger partial charge in [-0.15, -0.1) is 0 Å². The highest BCUT2D eigenvalue weighted by atomic mass is 16.5. The molecule has 0 atom stereocenters. The summed E-state index contributed by atoms with van der Waals surface area (Å²) in [5, 5.41) is 0. The van der Waals surface area contributed by atoms with Gasteiger partial charge in [-0.25, -0.2) is 0 Å². The van der Waals surface area contributed by atoms with Gasteiger partial charge in [0.25, 0.3) is 6.47 Å². The average molecular weight is 138 g/mol. The summed E-state index contributed by atoms with van der Waals surface area (Å²) in [4.78, 5) is 9.87. The van der Waals surface area contributed by atoms with E-state index in [1.54, 1.807) is 0 Å². The third-order valence-electron chi connectivity index (χ3n) is 1.52. The summed E-state index contributed by atoms with van der Waals surface area (Å²) in [6.07, 6.45) is 5.66. The van der Waals surface area contributed by atoms with Crippen LogP contribution in [0.1, 0.15) is 19.8 Å². The zero-order valence-electron chi connectivity index (χ0n) is 5.96. The minimum Gasteiger partial charge on any atom is -0.433 e. The maximum absolute atomic E-state index is 9.87. The molecule has 2 heteroatoms. The van der Waals surface area contributed by atoms with Crippen molar-refractivity contribution >= 4 is 6.47 Å². The van der Waals surface area contributed by atoms with Crippen molar-refractivity contribution < 1.29 is 9.53 Å². The minimum absolute atomic E-state index is 0.473. The van der Waals surface area contributed by atoms with Gasteiger partial charge in [-0.1, -0.05) is 11.6 Å². The Hall–Kier alpha value is -1.05. The second kappa shape index (κ2) is 3.20. The number of hydrogen-bond donors (Lipinski definition) is 0. The third kappa shape index (κ3) is 1.72. The van der Waals surface area contributed by atoms with Crippen LogP contribution in [-0.2, 0) is 9.53 Å². The van der Waals surface area contributed by atoms with Crippen LogP contribution in [-0.4, -0.2) is 6.47 Å². The van der Waals surface area contributed by atoms with Crippen LogP contribution in [0, 0.1) is 0 Å². The van der Waals surface area contributed by atoms with Gasteiger partial charge in [-0.05, 0) is 19.4 Å². The van der Waals surface area contributed by atoms with Crippen LogP contribution in [0.15, 0.2) is 23.5 Å². The van der Waals surface area contributed by atoms with Crippen molar-refractivity contribution in [1.82, 2.24) is 0 Å². The van der Waals surface area contributed by atoms with Gasteiger partial charge in [0.2, 0.25) is 0 Å². The fourth-order valence-corrected chi connectivity index (χ4v) is 0.882. The number of rotatable bonds is 2. The summed E-state index contributed by atoms with van der Waals surface area (Å²) >= 11 is 0. The van der Waals surface area contributed by atoms with Crippen LogP contribution >= 0.6 is 0 Å². The molecular weight excluding hydrogens is 128 g/mol. The predicted octanol–water partition coefficient (Wildman–Crippen LogP) is 1.78. The zero-order chi connectivity index (χ0) is 7.40. The molecule has 0 saturated heterocycles. The number of ether oxygens (including phenoxy) is 1. The van der Waals surface area contributed by atoms with E-state index < -0.39 is 0 Å². The standard InChI is InChI=1S/C8H10O2/c1-7-2-4-8(5-3-7)10-6-9/h2,4,6H,3,5H2,1H3. The molecule has 0 aromatic heterocycles. The molecule has 2 nitrogen and oxygen atoms in total. The lowest BCUT2D eigenvalue weighted by atomic mass is 10.1. The molecule has 0 N–H and O–H groups in total. The second-order valence-electron chi connectivity index (χ2n) is 2.36. The Morgan fingerprint density at radius 3 is 2.80 bits per heavy atom. The van der Waals surface area contributed by atoms with Crippen LogP contribution in [0.25, 0.3) is 0 Å². The fraction of sp³-hybridized carbons (Fsp3) is 0.375. The lowest BCUT2D eigenvalue weighted by Gasteiger charge is -2.08. The van der Waals surface area contributed by atoms with Gasteiger partial charge in [0, 0.05) is 6.42 Å². The first-order valence-corrected chi connectivity index (χ1v) is 3.29. The van der Waals surface area contributed by atoms with Crippen molar-refractivity contribution in [3.63, 3.8) is 0 Å². The van der Waals surface area contributed by atoms with E-state index in [0.29, 0.717) is 6.47 Å². The molecule has 0 aromatic rings. The first-order valence-electron chi connectivity index (χ1n) is 3.29. The summed E-state index contributed by atoms with van der Waals surface area (Å²) in [5.74, 6) is 0.764. The molecule has 1 rings (SSSR count). The molecule has 0 radical (unpaired) electrons. The Morgan fingerprint density at radius 1 is 1.50 bits per heavy atom. The average Bonchev–Trinajstić information content (AvgIpc) is 1.95. The molecule has 0 aromatic carbocycles. The minimum atomic E-state index is 0.473. The van der Waals surface area contributed by atoms with Crippen molar-refractivity contribution in [2.24, 2.45) is 0 Å². The van der Waals surface area contributed by atoms with Crippen molar-refractivity contribution in [1.29, 1.82) is 0 Å². The molecule has 0 heterocycles. The van der Waals surface area contributed by atoms with Crippen LogP contribution < -0.4 is 0 Å². The Bertz CT molecular complexity index is 189. The molecule has 1 aliphatic carbocycles. The van der Waals surface area contributed by atoms with Crippen LogP contribution in [0.4, 0.5) is 0 Å². The molecule has 0 saturated carbocycles. The molecule has 0 fully saturated rings. The lowest BCUT2D eigenvalue weighted by Crippen LogP contribution is -1.94. The largest absolute Gasteiger partial charge is 0.433 e. The monoisotopic (exact) mass is 138 g/mol. The molecule has 0 aliphatic heterocycles. The predicted molar refractivity (Wildman–Crippen MR) is 38.2 cm³/mol. The van der Waals surface area contributed by atoms with E-state index in [4.69, 9.17) is 0 Å². The van der Waals surface area contributed by atoms with Gasteiger partial charge in [-0.2, -0.15) is 0 Å². The Labute approximate surface area is 60.2 Å². The van der Waals surface area contributed by atoms with Gasteiger partial charge in [0.15, 0.2) is 0 Å². The number of carbonyl (C=O) groups excluding carboxylic acids is 1. The normalized spacial score (nSPS) is 17.3. The number of hydrogen-bond acceptors (Lipinski definition) is 2. The Kier molecular flexibility index (Phi) is 2.26. The smallest absolute Gasteiger partial charge is 0.298 e.